The Hall–Kier alpha value is -3.22. The minimum absolute atomic E-state index is 0.215. The van der Waals surface area contributed by atoms with Crippen molar-refractivity contribution in [3.63, 3.8) is 0 Å². The smallest absolute Gasteiger partial charge is 0.331 e. The molecule has 0 N–H and O–H groups in total. The standard InChI is InChI=1S/C19H19N3O4/c23-17-7-4-10-22(17)18(24)14-26-19(25)9-8-16-11-20-21(13-16)12-15-5-2-1-3-6-15/h1-3,5-6,8-9,11,13H,4,7,10,12,14H2/b9-8+. The van der Waals surface area contributed by atoms with Gasteiger partial charge in [-0.1, -0.05) is 30.3 Å². The minimum Gasteiger partial charge on any atom is -0.452 e. The third kappa shape index (κ3) is 4.66. The Balaban J connectivity index is 1.47. The summed E-state index contributed by atoms with van der Waals surface area (Å²) in [4.78, 5) is 36.1. The van der Waals surface area contributed by atoms with E-state index in [2.05, 4.69) is 5.10 Å². The molecule has 1 aromatic carbocycles. The average molecular weight is 353 g/mol. The van der Waals surface area contributed by atoms with Crippen LogP contribution in [0.3, 0.4) is 0 Å². The highest BCUT2D eigenvalue weighted by atomic mass is 16.5. The quantitative estimate of drug-likeness (QED) is 0.582. The van der Waals surface area contributed by atoms with Gasteiger partial charge in [0.05, 0.1) is 12.7 Å². The van der Waals surface area contributed by atoms with Crippen LogP contribution in [0.2, 0.25) is 0 Å². The van der Waals surface area contributed by atoms with Gasteiger partial charge in [-0.25, -0.2) is 4.79 Å². The Bertz CT molecular complexity index is 826. The third-order valence-corrected chi connectivity index (χ3v) is 3.96. The van der Waals surface area contributed by atoms with Crippen LogP contribution in [0.5, 0.6) is 0 Å². The molecule has 7 heteroatoms. The van der Waals surface area contributed by atoms with Gasteiger partial charge in [0.15, 0.2) is 6.61 Å². The van der Waals surface area contributed by atoms with Crippen LogP contribution in [-0.2, 0) is 25.7 Å². The molecule has 0 aliphatic carbocycles. The summed E-state index contributed by atoms with van der Waals surface area (Å²) in [6.45, 7) is 0.603. The summed E-state index contributed by atoms with van der Waals surface area (Å²) in [5, 5.41) is 4.24. The molecule has 1 aromatic heterocycles. The summed E-state index contributed by atoms with van der Waals surface area (Å²) in [5.74, 6) is -1.34. The van der Waals surface area contributed by atoms with Gasteiger partial charge in [0, 0.05) is 30.8 Å². The summed E-state index contributed by atoms with van der Waals surface area (Å²) < 4.78 is 6.66. The van der Waals surface area contributed by atoms with Crippen molar-refractivity contribution in [2.45, 2.75) is 19.4 Å². The first-order chi connectivity index (χ1) is 12.6. The second-order valence-corrected chi connectivity index (χ2v) is 5.94. The number of nitrogens with zero attached hydrogens (tertiary/aromatic N) is 3. The number of amides is 2. The fourth-order valence-electron chi connectivity index (χ4n) is 2.66. The number of hydrogen-bond donors (Lipinski definition) is 0. The van der Waals surface area contributed by atoms with Gasteiger partial charge < -0.3 is 4.74 Å². The molecule has 0 bridgehead atoms. The van der Waals surface area contributed by atoms with Crippen LogP contribution in [0.25, 0.3) is 6.08 Å². The molecule has 26 heavy (non-hydrogen) atoms. The highest BCUT2D eigenvalue weighted by Crippen LogP contribution is 2.10. The largest absolute Gasteiger partial charge is 0.452 e. The normalized spacial score (nSPS) is 14.2. The van der Waals surface area contributed by atoms with E-state index in [1.807, 2.05) is 36.5 Å². The van der Waals surface area contributed by atoms with Gasteiger partial charge in [-0.05, 0) is 18.1 Å². The molecule has 2 amide bonds. The van der Waals surface area contributed by atoms with Gasteiger partial charge in [0.1, 0.15) is 0 Å². The van der Waals surface area contributed by atoms with Crippen molar-refractivity contribution in [3.05, 3.63) is 59.9 Å². The van der Waals surface area contributed by atoms with Gasteiger partial charge in [-0.15, -0.1) is 0 Å². The van der Waals surface area contributed by atoms with E-state index < -0.39 is 18.5 Å². The first kappa shape index (κ1) is 17.6. The van der Waals surface area contributed by atoms with E-state index >= 15 is 0 Å². The molecule has 0 saturated carbocycles. The highest BCUT2D eigenvalue weighted by molar-refractivity contribution is 5.98. The molecule has 1 aliphatic heterocycles. The van der Waals surface area contributed by atoms with Crippen LogP contribution in [0, 0.1) is 0 Å². The Morgan fingerprint density at radius 2 is 2.04 bits per heavy atom. The van der Waals surface area contributed by atoms with Gasteiger partial charge in [-0.3, -0.25) is 19.2 Å². The molecule has 0 spiro atoms. The number of benzene rings is 1. The predicted molar refractivity (Wildman–Crippen MR) is 93.7 cm³/mol. The van der Waals surface area contributed by atoms with Crippen molar-refractivity contribution in [3.8, 4) is 0 Å². The lowest BCUT2D eigenvalue weighted by molar-refractivity contribution is -0.151. The summed E-state index contributed by atoms with van der Waals surface area (Å²) in [7, 11) is 0. The third-order valence-electron chi connectivity index (χ3n) is 3.96. The fourth-order valence-corrected chi connectivity index (χ4v) is 2.66. The van der Waals surface area contributed by atoms with E-state index in [1.54, 1.807) is 17.0 Å². The van der Waals surface area contributed by atoms with E-state index in [4.69, 9.17) is 4.74 Å². The number of likely N-dealkylation sites (tertiary alicyclic amines) is 1. The monoisotopic (exact) mass is 353 g/mol. The summed E-state index contributed by atoms with van der Waals surface area (Å²) >= 11 is 0. The van der Waals surface area contributed by atoms with Crippen LogP contribution in [0.4, 0.5) is 0 Å². The molecule has 0 radical (unpaired) electrons. The van der Waals surface area contributed by atoms with E-state index in [0.717, 1.165) is 16.0 Å². The van der Waals surface area contributed by atoms with Crippen molar-refractivity contribution in [2.75, 3.05) is 13.2 Å². The lowest BCUT2D eigenvalue weighted by Gasteiger charge is -2.12. The van der Waals surface area contributed by atoms with E-state index in [1.165, 1.54) is 6.08 Å². The number of rotatable bonds is 6. The molecule has 0 atom stereocenters. The Morgan fingerprint density at radius 3 is 2.77 bits per heavy atom. The van der Waals surface area contributed by atoms with Crippen LogP contribution in [-0.4, -0.2) is 45.6 Å². The topological polar surface area (TPSA) is 81.5 Å². The number of carbonyl (C=O) groups excluding carboxylic acids is 3. The Morgan fingerprint density at radius 1 is 1.23 bits per heavy atom. The second-order valence-electron chi connectivity index (χ2n) is 5.94. The molecule has 3 rings (SSSR count). The van der Waals surface area contributed by atoms with Crippen LogP contribution < -0.4 is 0 Å². The molecule has 1 aliphatic rings. The molecule has 0 unspecified atom stereocenters. The molecule has 134 valence electrons. The maximum atomic E-state index is 11.8. The van der Waals surface area contributed by atoms with E-state index in [-0.39, 0.29) is 5.91 Å². The van der Waals surface area contributed by atoms with Crippen molar-refractivity contribution in [2.24, 2.45) is 0 Å². The Kier molecular flexibility index (Phi) is 5.58. The van der Waals surface area contributed by atoms with Gasteiger partial charge in [-0.2, -0.15) is 5.10 Å². The zero-order valence-electron chi connectivity index (χ0n) is 14.2. The maximum absolute atomic E-state index is 11.8. The SMILES string of the molecule is O=C(/C=C/c1cnn(Cc2ccccc2)c1)OCC(=O)N1CCCC1=O. The predicted octanol–water partition coefficient (Wildman–Crippen LogP) is 1.64. The van der Waals surface area contributed by atoms with Gasteiger partial charge in [0.2, 0.25) is 5.91 Å². The number of aromatic nitrogens is 2. The number of esters is 1. The van der Waals surface area contributed by atoms with Crippen molar-refractivity contribution < 1.29 is 19.1 Å². The van der Waals surface area contributed by atoms with Gasteiger partial charge >= 0.3 is 5.97 Å². The van der Waals surface area contributed by atoms with Crippen LogP contribution in [0.15, 0.2) is 48.8 Å². The molecule has 2 heterocycles. The number of imide groups is 1. The Labute approximate surface area is 150 Å². The average Bonchev–Trinajstić information content (AvgIpc) is 3.27. The van der Waals surface area contributed by atoms with E-state index in [9.17, 15) is 14.4 Å². The molecular formula is C19H19N3O4. The first-order valence-electron chi connectivity index (χ1n) is 8.36. The van der Waals surface area contributed by atoms with Crippen LogP contribution in [0.1, 0.15) is 24.0 Å². The minimum atomic E-state index is -0.638. The fraction of sp³-hybridized carbons (Fsp3) is 0.263. The number of carbonyl (C=O) groups is 3. The lowest BCUT2D eigenvalue weighted by atomic mass is 10.2. The molecule has 7 nitrogen and oxygen atoms in total. The summed E-state index contributed by atoms with van der Waals surface area (Å²) in [6.07, 6.45) is 7.29. The zero-order chi connectivity index (χ0) is 18.4. The molecular weight excluding hydrogens is 334 g/mol. The number of ether oxygens (including phenoxy) is 1. The van der Waals surface area contributed by atoms with Gasteiger partial charge in [0.25, 0.3) is 5.91 Å². The van der Waals surface area contributed by atoms with Crippen molar-refractivity contribution in [1.82, 2.24) is 14.7 Å². The zero-order valence-corrected chi connectivity index (χ0v) is 14.2. The van der Waals surface area contributed by atoms with Crippen molar-refractivity contribution in [1.29, 1.82) is 0 Å². The van der Waals surface area contributed by atoms with Crippen molar-refractivity contribution >= 4 is 23.9 Å². The summed E-state index contributed by atoms with van der Waals surface area (Å²) in [6, 6.07) is 9.91. The second kappa shape index (κ2) is 8.24. The molecule has 2 aromatic rings. The first-order valence-corrected chi connectivity index (χ1v) is 8.36. The van der Waals surface area contributed by atoms with E-state index in [0.29, 0.717) is 25.9 Å². The molecule has 1 fully saturated rings. The summed E-state index contributed by atoms with van der Waals surface area (Å²) in [5.41, 5.74) is 1.87. The number of hydrogen-bond acceptors (Lipinski definition) is 5. The van der Waals surface area contributed by atoms with Crippen LogP contribution >= 0.6 is 0 Å². The lowest BCUT2D eigenvalue weighted by Crippen LogP contribution is -2.35. The maximum Gasteiger partial charge on any atom is 0.331 e. The highest BCUT2D eigenvalue weighted by Gasteiger charge is 2.26. The molecule has 1 saturated heterocycles.